The molecule has 1 aromatic heterocycles. The Hall–Kier alpha value is -2.05. The van der Waals surface area contributed by atoms with Crippen LogP contribution in [0.25, 0.3) is 10.6 Å². The van der Waals surface area contributed by atoms with Crippen LogP contribution in [0.15, 0.2) is 52.3 Å². The molecule has 0 radical (unpaired) electrons. The van der Waals surface area contributed by atoms with E-state index < -0.39 is 0 Å². The highest BCUT2D eigenvalue weighted by Crippen LogP contribution is 2.26. The van der Waals surface area contributed by atoms with Gasteiger partial charge in [0.25, 0.3) is 0 Å². The predicted molar refractivity (Wildman–Crippen MR) is 98.7 cm³/mol. The minimum atomic E-state index is -0.335. The Labute approximate surface area is 151 Å². The zero-order valence-electron chi connectivity index (χ0n) is 12.8. The summed E-state index contributed by atoms with van der Waals surface area (Å²) in [6, 6.07) is 12.5. The second-order valence-electron chi connectivity index (χ2n) is 5.34. The number of halogens is 2. The van der Waals surface area contributed by atoms with Gasteiger partial charge in [-0.15, -0.1) is 11.3 Å². The third-order valence-electron chi connectivity index (χ3n) is 3.42. The largest absolute Gasteiger partial charge is 0.326 e. The van der Waals surface area contributed by atoms with Crippen molar-refractivity contribution in [2.24, 2.45) is 0 Å². The Bertz CT molecular complexity index is 894. The number of nitrogens with zero attached hydrogens (tertiary/aromatic N) is 1. The molecule has 0 aliphatic rings. The lowest BCUT2D eigenvalue weighted by atomic mass is 10.2. The van der Waals surface area contributed by atoms with Crippen LogP contribution in [0, 0.1) is 12.7 Å². The number of thiazole rings is 1. The molecule has 0 fully saturated rings. The minimum Gasteiger partial charge on any atom is -0.326 e. The number of rotatable bonds is 4. The molecule has 0 saturated carbocycles. The van der Waals surface area contributed by atoms with E-state index in [9.17, 15) is 9.18 Å². The fourth-order valence-electron chi connectivity index (χ4n) is 2.18. The molecule has 0 atom stereocenters. The summed E-state index contributed by atoms with van der Waals surface area (Å²) in [5.41, 5.74) is 2.69. The lowest BCUT2D eigenvalue weighted by Gasteiger charge is -2.05. The smallest absolute Gasteiger partial charge is 0.230 e. The fourth-order valence-corrected chi connectivity index (χ4v) is 3.40. The van der Waals surface area contributed by atoms with Crippen molar-refractivity contribution >= 4 is 38.9 Å². The normalized spacial score (nSPS) is 10.6. The molecule has 122 valence electrons. The van der Waals surface area contributed by atoms with Crippen molar-refractivity contribution in [3.05, 3.63) is 69.4 Å². The van der Waals surface area contributed by atoms with Crippen LogP contribution in [-0.4, -0.2) is 10.9 Å². The monoisotopic (exact) mass is 404 g/mol. The summed E-state index contributed by atoms with van der Waals surface area (Å²) < 4.78 is 14.5. The minimum absolute atomic E-state index is 0.153. The number of hydrogen-bond donors (Lipinski definition) is 1. The molecule has 0 aliphatic carbocycles. The second kappa shape index (κ2) is 7.23. The summed E-state index contributed by atoms with van der Waals surface area (Å²) in [5, 5.41) is 5.42. The van der Waals surface area contributed by atoms with Crippen molar-refractivity contribution < 1.29 is 9.18 Å². The van der Waals surface area contributed by atoms with Gasteiger partial charge in [0.05, 0.1) is 12.1 Å². The van der Waals surface area contributed by atoms with Gasteiger partial charge >= 0.3 is 0 Å². The molecule has 6 heteroatoms. The van der Waals surface area contributed by atoms with E-state index in [1.807, 2.05) is 29.6 Å². The highest BCUT2D eigenvalue weighted by molar-refractivity contribution is 9.10. The van der Waals surface area contributed by atoms with Crippen LogP contribution in [0.3, 0.4) is 0 Å². The maximum absolute atomic E-state index is 13.5. The van der Waals surface area contributed by atoms with Crippen LogP contribution in [0.2, 0.25) is 0 Å². The lowest BCUT2D eigenvalue weighted by Crippen LogP contribution is -2.14. The molecule has 0 aliphatic heterocycles. The maximum Gasteiger partial charge on any atom is 0.230 e. The van der Waals surface area contributed by atoms with E-state index in [0.717, 1.165) is 15.0 Å². The highest BCUT2D eigenvalue weighted by atomic mass is 79.9. The van der Waals surface area contributed by atoms with Gasteiger partial charge in [0.2, 0.25) is 5.91 Å². The Morgan fingerprint density at radius 1 is 1.29 bits per heavy atom. The molecule has 1 N–H and O–H groups in total. The van der Waals surface area contributed by atoms with Crippen LogP contribution < -0.4 is 5.32 Å². The van der Waals surface area contributed by atoms with Crippen molar-refractivity contribution in [3.8, 4) is 10.6 Å². The van der Waals surface area contributed by atoms with E-state index >= 15 is 0 Å². The van der Waals surface area contributed by atoms with Gasteiger partial charge in [-0.3, -0.25) is 4.79 Å². The molecule has 24 heavy (non-hydrogen) atoms. The van der Waals surface area contributed by atoms with Crippen molar-refractivity contribution in [3.63, 3.8) is 0 Å². The summed E-state index contributed by atoms with van der Waals surface area (Å²) in [6.45, 7) is 1.68. The standard InChI is InChI=1S/C18H14BrFN2OS/c1-11-5-6-14(8-16(11)20)21-17(23)9-15-10-24-18(22-15)12-3-2-4-13(19)7-12/h2-8,10H,9H2,1H3,(H,21,23). The zero-order valence-corrected chi connectivity index (χ0v) is 15.2. The van der Waals surface area contributed by atoms with Gasteiger partial charge < -0.3 is 5.32 Å². The lowest BCUT2D eigenvalue weighted by molar-refractivity contribution is -0.115. The molecule has 2 aromatic carbocycles. The molecule has 1 amide bonds. The van der Waals surface area contributed by atoms with E-state index in [4.69, 9.17) is 0 Å². The fraction of sp³-hybridized carbons (Fsp3) is 0.111. The summed E-state index contributed by atoms with van der Waals surface area (Å²) in [4.78, 5) is 16.6. The van der Waals surface area contributed by atoms with Gasteiger partial charge in [-0.1, -0.05) is 34.1 Å². The van der Waals surface area contributed by atoms with E-state index in [-0.39, 0.29) is 18.1 Å². The SMILES string of the molecule is Cc1ccc(NC(=O)Cc2csc(-c3cccc(Br)c3)n2)cc1F. The third kappa shape index (κ3) is 4.07. The molecule has 3 nitrogen and oxygen atoms in total. The summed E-state index contributed by atoms with van der Waals surface area (Å²) >= 11 is 4.93. The average Bonchev–Trinajstić information content (AvgIpc) is 2.99. The third-order valence-corrected chi connectivity index (χ3v) is 4.85. The van der Waals surface area contributed by atoms with Crippen LogP contribution in [0.5, 0.6) is 0 Å². The topological polar surface area (TPSA) is 42.0 Å². The van der Waals surface area contributed by atoms with E-state index in [1.54, 1.807) is 19.1 Å². The van der Waals surface area contributed by atoms with Gasteiger partial charge in [0.15, 0.2) is 0 Å². The van der Waals surface area contributed by atoms with Crippen LogP contribution in [0.1, 0.15) is 11.3 Å². The maximum atomic E-state index is 13.5. The van der Waals surface area contributed by atoms with Gasteiger partial charge in [-0.2, -0.15) is 0 Å². The molecule has 0 spiro atoms. The Morgan fingerprint density at radius 2 is 2.12 bits per heavy atom. The first-order chi connectivity index (χ1) is 11.5. The van der Waals surface area contributed by atoms with Crippen molar-refractivity contribution in [1.82, 2.24) is 4.98 Å². The molecular formula is C18H14BrFN2OS. The number of benzene rings is 2. The second-order valence-corrected chi connectivity index (χ2v) is 7.12. The van der Waals surface area contributed by atoms with E-state index in [0.29, 0.717) is 16.9 Å². The quantitative estimate of drug-likeness (QED) is 0.648. The highest BCUT2D eigenvalue weighted by Gasteiger charge is 2.10. The van der Waals surface area contributed by atoms with Crippen LogP contribution in [0.4, 0.5) is 10.1 Å². The molecule has 3 aromatic rings. The van der Waals surface area contributed by atoms with Crippen molar-refractivity contribution in [2.45, 2.75) is 13.3 Å². The Kier molecular flexibility index (Phi) is 5.06. The van der Waals surface area contributed by atoms with Gasteiger partial charge in [0, 0.05) is 21.1 Å². The van der Waals surface area contributed by atoms with E-state index in [2.05, 4.69) is 26.2 Å². The Morgan fingerprint density at radius 3 is 2.88 bits per heavy atom. The number of aryl methyl sites for hydroxylation is 1. The summed E-state index contributed by atoms with van der Waals surface area (Å²) in [6.07, 6.45) is 0.153. The first-order valence-corrected chi connectivity index (χ1v) is 8.95. The molecule has 0 bridgehead atoms. The number of anilines is 1. The Balaban J connectivity index is 1.68. The first kappa shape index (κ1) is 16.8. The summed E-state index contributed by atoms with van der Waals surface area (Å²) in [5.74, 6) is -0.553. The van der Waals surface area contributed by atoms with E-state index in [1.165, 1.54) is 17.4 Å². The number of aromatic nitrogens is 1. The number of nitrogens with one attached hydrogen (secondary N) is 1. The summed E-state index contributed by atoms with van der Waals surface area (Å²) in [7, 11) is 0. The molecule has 0 saturated heterocycles. The molecular weight excluding hydrogens is 391 g/mol. The number of amides is 1. The van der Waals surface area contributed by atoms with Crippen LogP contribution >= 0.6 is 27.3 Å². The zero-order chi connectivity index (χ0) is 17.1. The van der Waals surface area contributed by atoms with Gasteiger partial charge in [-0.25, -0.2) is 9.37 Å². The number of hydrogen-bond acceptors (Lipinski definition) is 3. The van der Waals surface area contributed by atoms with Gasteiger partial charge in [-0.05, 0) is 36.8 Å². The van der Waals surface area contributed by atoms with Gasteiger partial charge in [0.1, 0.15) is 10.8 Å². The number of carbonyl (C=O) groups excluding carboxylic acids is 1. The van der Waals surface area contributed by atoms with Crippen molar-refractivity contribution in [2.75, 3.05) is 5.32 Å². The van der Waals surface area contributed by atoms with Crippen molar-refractivity contribution in [1.29, 1.82) is 0 Å². The number of carbonyl (C=O) groups is 1. The molecule has 0 unspecified atom stereocenters. The molecule has 3 rings (SSSR count). The molecule has 1 heterocycles. The predicted octanol–water partition coefficient (Wildman–Crippen LogP) is 5.20. The van der Waals surface area contributed by atoms with Crippen LogP contribution in [-0.2, 0) is 11.2 Å². The first-order valence-electron chi connectivity index (χ1n) is 7.27. The average molecular weight is 405 g/mol.